The van der Waals surface area contributed by atoms with Crippen LogP contribution >= 0.6 is 0 Å². The van der Waals surface area contributed by atoms with Crippen LogP contribution in [0.4, 0.5) is 5.69 Å². The number of ether oxygens (including phenoxy) is 1. The molecule has 0 aliphatic rings. The minimum atomic E-state index is -0.108. The van der Waals surface area contributed by atoms with E-state index in [1.54, 1.807) is 11.8 Å². The first-order chi connectivity index (χ1) is 10.7. The molecule has 0 spiro atoms. The van der Waals surface area contributed by atoms with Gasteiger partial charge < -0.3 is 15.4 Å². The van der Waals surface area contributed by atoms with Crippen LogP contribution in [0.1, 0.15) is 6.92 Å². The number of anilines is 1. The standard InChI is InChI=1S/C14H20N6O2/c1-3-20-14(17-18-19-20)11-5-4-6-12(9-11)16-13(21)10-15-7-8-22-2/h4-6,9,15H,3,7-8,10H2,1-2H3,(H,16,21). The van der Waals surface area contributed by atoms with E-state index < -0.39 is 0 Å². The molecule has 0 aliphatic carbocycles. The molecule has 2 rings (SSSR count). The summed E-state index contributed by atoms with van der Waals surface area (Å²) >= 11 is 0. The lowest BCUT2D eigenvalue weighted by atomic mass is 10.2. The van der Waals surface area contributed by atoms with Gasteiger partial charge in [0.1, 0.15) is 0 Å². The van der Waals surface area contributed by atoms with Crippen LogP contribution in [0, 0.1) is 0 Å². The van der Waals surface area contributed by atoms with Crippen LogP contribution in [0.2, 0.25) is 0 Å². The number of nitrogens with one attached hydrogen (secondary N) is 2. The summed E-state index contributed by atoms with van der Waals surface area (Å²) in [6.07, 6.45) is 0. The van der Waals surface area contributed by atoms with Crippen LogP contribution < -0.4 is 10.6 Å². The summed E-state index contributed by atoms with van der Waals surface area (Å²) in [6, 6.07) is 7.45. The van der Waals surface area contributed by atoms with Gasteiger partial charge in [-0.3, -0.25) is 4.79 Å². The number of hydrogen-bond donors (Lipinski definition) is 2. The first-order valence-electron chi connectivity index (χ1n) is 7.10. The summed E-state index contributed by atoms with van der Waals surface area (Å²) in [7, 11) is 1.62. The Kier molecular flexibility index (Phi) is 5.99. The van der Waals surface area contributed by atoms with Crippen LogP contribution in [0.15, 0.2) is 24.3 Å². The molecule has 0 unspecified atom stereocenters. The molecular weight excluding hydrogens is 284 g/mol. The molecule has 118 valence electrons. The van der Waals surface area contributed by atoms with Crippen LogP contribution in [-0.4, -0.2) is 52.9 Å². The summed E-state index contributed by atoms with van der Waals surface area (Å²) in [4.78, 5) is 11.8. The van der Waals surface area contributed by atoms with Gasteiger partial charge in [0.15, 0.2) is 5.82 Å². The number of aryl methyl sites for hydroxylation is 1. The molecular formula is C14H20N6O2. The van der Waals surface area contributed by atoms with Crippen molar-refractivity contribution < 1.29 is 9.53 Å². The molecule has 2 aromatic rings. The predicted octanol–water partition coefficient (Wildman–Crippen LogP) is 0.534. The molecule has 1 aromatic carbocycles. The van der Waals surface area contributed by atoms with E-state index in [0.717, 1.165) is 5.56 Å². The minimum absolute atomic E-state index is 0.108. The Morgan fingerprint density at radius 3 is 3.05 bits per heavy atom. The summed E-state index contributed by atoms with van der Waals surface area (Å²) in [5.41, 5.74) is 1.57. The Hall–Kier alpha value is -2.32. The van der Waals surface area contributed by atoms with Crippen molar-refractivity contribution in [1.82, 2.24) is 25.5 Å². The van der Waals surface area contributed by atoms with Crippen LogP contribution in [-0.2, 0) is 16.1 Å². The van der Waals surface area contributed by atoms with Gasteiger partial charge in [0.25, 0.3) is 0 Å². The molecule has 1 heterocycles. The van der Waals surface area contributed by atoms with E-state index in [0.29, 0.717) is 31.2 Å². The SMILES string of the molecule is CCn1nnnc1-c1cccc(NC(=O)CNCCOC)c1. The quantitative estimate of drug-likeness (QED) is 0.691. The number of hydrogen-bond acceptors (Lipinski definition) is 6. The molecule has 1 aromatic heterocycles. The van der Waals surface area contributed by atoms with E-state index in [9.17, 15) is 4.79 Å². The largest absolute Gasteiger partial charge is 0.383 e. The average Bonchev–Trinajstić information content (AvgIpc) is 3.00. The van der Waals surface area contributed by atoms with Crippen LogP contribution in [0.25, 0.3) is 11.4 Å². The third-order valence-electron chi connectivity index (χ3n) is 3.00. The van der Waals surface area contributed by atoms with Gasteiger partial charge in [-0.1, -0.05) is 12.1 Å². The van der Waals surface area contributed by atoms with Crippen molar-refractivity contribution in [2.45, 2.75) is 13.5 Å². The number of benzene rings is 1. The Morgan fingerprint density at radius 1 is 1.41 bits per heavy atom. The summed E-state index contributed by atoms with van der Waals surface area (Å²) in [6.45, 7) is 4.09. The van der Waals surface area contributed by atoms with Gasteiger partial charge in [0, 0.05) is 31.5 Å². The van der Waals surface area contributed by atoms with E-state index in [4.69, 9.17) is 4.74 Å². The second kappa shape index (κ2) is 8.20. The molecule has 0 bridgehead atoms. The molecule has 0 saturated heterocycles. The molecule has 0 saturated carbocycles. The topological polar surface area (TPSA) is 94.0 Å². The lowest BCUT2D eigenvalue weighted by Gasteiger charge is -2.08. The highest BCUT2D eigenvalue weighted by Crippen LogP contribution is 2.19. The predicted molar refractivity (Wildman–Crippen MR) is 82.3 cm³/mol. The maximum atomic E-state index is 11.8. The highest BCUT2D eigenvalue weighted by Gasteiger charge is 2.09. The normalized spacial score (nSPS) is 10.6. The molecule has 1 amide bonds. The van der Waals surface area contributed by atoms with Gasteiger partial charge in [0.05, 0.1) is 13.2 Å². The van der Waals surface area contributed by atoms with E-state index in [1.165, 1.54) is 0 Å². The molecule has 8 nitrogen and oxygen atoms in total. The summed E-state index contributed by atoms with van der Waals surface area (Å²) in [5.74, 6) is 0.570. The minimum Gasteiger partial charge on any atom is -0.383 e. The lowest BCUT2D eigenvalue weighted by Crippen LogP contribution is -2.30. The molecule has 0 radical (unpaired) electrons. The first kappa shape index (κ1) is 16.1. The number of carbonyl (C=O) groups excluding carboxylic acids is 1. The van der Waals surface area contributed by atoms with Crippen molar-refractivity contribution in [3.8, 4) is 11.4 Å². The average molecular weight is 304 g/mol. The van der Waals surface area contributed by atoms with Gasteiger partial charge in [-0.05, 0) is 29.5 Å². The Labute approximate surface area is 128 Å². The van der Waals surface area contributed by atoms with Gasteiger partial charge in [-0.25, -0.2) is 4.68 Å². The van der Waals surface area contributed by atoms with E-state index in [-0.39, 0.29) is 12.5 Å². The highest BCUT2D eigenvalue weighted by atomic mass is 16.5. The zero-order chi connectivity index (χ0) is 15.8. The maximum Gasteiger partial charge on any atom is 0.238 e. The number of carbonyl (C=O) groups is 1. The van der Waals surface area contributed by atoms with Crippen molar-refractivity contribution in [3.05, 3.63) is 24.3 Å². The number of rotatable bonds is 8. The Bertz CT molecular complexity index is 613. The first-order valence-corrected chi connectivity index (χ1v) is 7.10. The van der Waals surface area contributed by atoms with Gasteiger partial charge in [-0.2, -0.15) is 0 Å². The second-order valence-corrected chi connectivity index (χ2v) is 4.62. The van der Waals surface area contributed by atoms with E-state index >= 15 is 0 Å². The third-order valence-corrected chi connectivity index (χ3v) is 3.00. The summed E-state index contributed by atoms with van der Waals surface area (Å²) < 4.78 is 6.61. The van der Waals surface area contributed by atoms with Gasteiger partial charge in [0.2, 0.25) is 5.91 Å². The number of tetrazole rings is 1. The van der Waals surface area contributed by atoms with Crippen molar-refractivity contribution in [1.29, 1.82) is 0 Å². The molecule has 0 aliphatic heterocycles. The van der Waals surface area contributed by atoms with Crippen molar-refractivity contribution in [3.63, 3.8) is 0 Å². The van der Waals surface area contributed by atoms with Crippen molar-refractivity contribution >= 4 is 11.6 Å². The summed E-state index contributed by atoms with van der Waals surface area (Å²) in [5, 5.41) is 17.4. The van der Waals surface area contributed by atoms with Crippen LogP contribution in [0.5, 0.6) is 0 Å². The molecule has 8 heteroatoms. The fourth-order valence-electron chi connectivity index (χ4n) is 1.94. The smallest absolute Gasteiger partial charge is 0.238 e. The molecule has 0 fully saturated rings. The zero-order valence-corrected chi connectivity index (χ0v) is 12.7. The van der Waals surface area contributed by atoms with Crippen molar-refractivity contribution in [2.75, 3.05) is 32.1 Å². The fourth-order valence-corrected chi connectivity index (χ4v) is 1.94. The van der Waals surface area contributed by atoms with Crippen LogP contribution in [0.3, 0.4) is 0 Å². The van der Waals surface area contributed by atoms with E-state index in [2.05, 4.69) is 26.2 Å². The monoisotopic (exact) mass is 304 g/mol. The number of aromatic nitrogens is 4. The maximum absolute atomic E-state index is 11.8. The number of nitrogens with zero attached hydrogens (tertiary/aromatic N) is 4. The molecule has 22 heavy (non-hydrogen) atoms. The molecule has 2 N–H and O–H groups in total. The number of methoxy groups -OCH3 is 1. The molecule has 0 atom stereocenters. The van der Waals surface area contributed by atoms with Crippen molar-refractivity contribution in [2.24, 2.45) is 0 Å². The lowest BCUT2D eigenvalue weighted by molar-refractivity contribution is -0.115. The Morgan fingerprint density at radius 2 is 2.27 bits per heavy atom. The zero-order valence-electron chi connectivity index (χ0n) is 12.7. The third kappa shape index (κ3) is 4.34. The Balaban J connectivity index is 1.98. The van der Waals surface area contributed by atoms with E-state index in [1.807, 2.05) is 31.2 Å². The van der Waals surface area contributed by atoms with Gasteiger partial charge in [-0.15, -0.1) is 5.10 Å². The second-order valence-electron chi connectivity index (χ2n) is 4.62. The van der Waals surface area contributed by atoms with Gasteiger partial charge >= 0.3 is 0 Å². The number of amides is 1. The highest BCUT2D eigenvalue weighted by molar-refractivity contribution is 5.92. The fraction of sp³-hybridized carbons (Fsp3) is 0.429.